The molecule has 0 unspecified atom stereocenters. The van der Waals surface area contributed by atoms with Crippen LogP contribution < -0.4 is 0 Å². The molecule has 0 heterocycles. The predicted molar refractivity (Wildman–Crippen MR) is 127 cm³/mol. The maximum absolute atomic E-state index is 11.8. The van der Waals surface area contributed by atoms with Crippen molar-refractivity contribution >= 4 is 5.97 Å². The van der Waals surface area contributed by atoms with Crippen molar-refractivity contribution in [3.63, 3.8) is 0 Å². The van der Waals surface area contributed by atoms with E-state index in [0.29, 0.717) is 19.4 Å². The first-order valence-corrected chi connectivity index (χ1v) is 12.7. The van der Waals surface area contributed by atoms with Crippen LogP contribution in [0.25, 0.3) is 0 Å². The lowest BCUT2D eigenvalue weighted by Crippen LogP contribution is -2.07. The lowest BCUT2D eigenvalue weighted by atomic mass is 10.0. The summed E-state index contributed by atoms with van der Waals surface area (Å²) in [7, 11) is 0. The lowest BCUT2D eigenvalue weighted by molar-refractivity contribution is -0.143. The summed E-state index contributed by atoms with van der Waals surface area (Å²) in [6.45, 7) is 2.82. The largest absolute Gasteiger partial charge is 0.508 e. The Morgan fingerprint density at radius 3 is 1.77 bits per heavy atom. The Kier molecular flexibility index (Phi) is 17.2. The van der Waals surface area contributed by atoms with E-state index < -0.39 is 0 Å². The van der Waals surface area contributed by atoms with E-state index in [1.807, 2.05) is 6.07 Å². The maximum atomic E-state index is 11.8. The molecule has 0 aromatic heterocycles. The number of carbonyl (C=O) groups is 1. The molecular formula is C27H46O3. The third kappa shape index (κ3) is 16.3. The molecule has 172 valence electrons. The fraction of sp³-hybridized carbons (Fsp3) is 0.741. The van der Waals surface area contributed by atoms with Crippen molar-refractivity contribution in [1.82, 2.24) is 0 Å². The Morgan fingerprint density at radius 1 is 0.767 bits per heavy atom. The highest BCUT2D eigenvalue weighted by Crippen LogP contribution is 2.14. The minimum absolute atomic E-state index is 0.140. The predicted octanol–water partition coefficient (Wildman–Crippen LogP) is 8.13. The van der Waals surface area contributed by atoms with Crippen LogP contribution in [-0.2, 0) is 16.0 Å². The highest BCUT2D eigenvalue weighted by Gasteiger charge is 2.04. The molecule has 0 spiro atoms. The number of phenols is 1. The summed E-state index contributed by atoms with van der Waals surface area (Å²) in [5.74, 6) is 0.105. The summed E-state index contributed by atoms with van der Waals surface area (Å²) in [6, 6.07) is 7.05. The SMILES string of the molecule is CCCCCCCCCCCCCCCCCCOC(=O)CCc1cccc(O)c1. The van der Waals surface area contributed by atoms with E-state index in [-0.39, 0.29) is 11.7 Å². The summed E-state index contributed by atoms with van der Waals surface area (Å²) in [6.07, 6.45) is 22.5. The van der Waals surface area contributed by atoms with Gasteiger partial charge in [-0.15, -0.1) is 0 Å². The van der Waals surface area contributed by atoms with Crippen LogP contribution in [0.4, 0.5) is 0 Å². The Hall–Kier alpha value is -1.51. The number of hydrogen-bond acceptors (Lipinski definition) is 3. The van der Waals surface area contributed by atoms with E-state index in [4.69, 9.17) is 4.74 Å². The van der Waals surface area contributed by atoms with Gasteiger partial charge in [0.2, 0.25) is 0 Å². The summed E-state index contributed by atoms with van der Waals surface area (Å²) in [5, 5.41) is 9.43. The number of rotatable bonds is 20. The number of esters is 1. The zero-order valence-electron chi connectivity index (χ0n) is 19.5. The second kappa shape index (κ2) is 19.5. The van der Waals surface area contributed by atoms with E-state index in [9.17, 15) is 9.90 Å². The van der Waals surface area contributed by atoms with E-state index in [2.05, 4.69) is 6.92 Å². The third-order valence-electron chi connectivity index (χ3n) is 5.79. The smallest absolute Gasteiger partial charge is 0.306 e. The average Bonchev–Trinajstić information content (AvgIpc) is 2.74. The third-order valence-corrected chi connectivity index (χ3v) is 5.79. The van der Waals surface area contributed by atoms with Gasteiger partial charge in [0, 0.05) is 6.42 Å². The van der Waals surface area contributed by atoms with Crippen molar-refractivity contribution in [2.75, 3.05) is 6.61 Å². The molecule has 0 bridgehead atoms. The van der Waals surface area contributed by atoms with Crippen LogP contribution in [0, 0.1) is 0 Å². The topological polar surface area (TPSA) is 46.5 Å². The van der Waals surface area contributed by atoms with Gasteiger partial charge < -0.3 is 9.84 Å². The zero-order valence-corrected chi connectivity index (χ0v) is 19.5. The summed E-state index contributed by atoms with van der Waals surface area (Å²) >= 11 is 0. The zero-order chi connectivity index (χ0) is 21.7. The first-order chi connectivity index (χ1) is 14.7. The van der Waals surface area contributed by atoms with Gasteiger partial charge in [-0.2, -0.15) is 0 Å². The van der Waals surface area contributed by atoms with Crippen molar-refractivity contribution in [3.8, 4) is 5.75 Å². The highest BCUT2D eigenvalue weighted by atomic mass is 16.5. The Labute approximate surface area is 185 Å². The molecule has 0 atom stereocenters. The number of aryl methyl sites for hydroxylation is 1. The second-order valence-corrected chi connectivity index (χ2v) is 8.69. The molecule has 0 fully saturated rings. The van der Waals surface area contributed by atoms with Crippen molar-refractivity contribution in [2.24, 2.45) is 0 Å². The molecule has 1 aromatic carbocycles. The summed E-state index contributed by atoms with van der Waals surface area (Å²) < 4.78 is 5.31. The van der Waals surface area contributed by atoms with Gasteiger partial charge in [0.25, 0.3) is 0 Å². The molecule has 1 aromatic rings. The number of hydrogen-bond donors (Lipinski definition) is 1. The number of benzene rings is 1. The van der Waals surface area contributed by atoms with E-state index >= 15 is 0 Å². The van der Waals surface area contributed by atoms with Crippen LogP contribution in [0.1, 0.15) is 122 Å². The Morgan fingerprint density at radius 2 is 1.27 bits per heavy atom. The summed E-state index contributed by atoms with van der Waals surface area (Å²) in [5.41, 5.74) is 0.967. The first-order valence-electron chi connectivity index (χ1n) is 12.7. The molecule has 0 saturated heterocycles. The van der Waals surface area contributed by atoms with Gasteiger partial charge in [0.05, 0.1) is 6.61 Å². The van der Waals surface area contributed by atoms with Gasteiger partial charge >= 0.3 is 5.97 Å². The molecule has 0 aliphatic carbocycles. The molecule has 0 amide bonds. The van der Waals surface area contributed by atoms with Crippen LogP contribution in [0.3, 0.4) is 0 Å². The van der Waals surface area contributed by atoms with Gasteiger partial charge in [-0.1, -0.05) is 115 Å². The Balaban J connectivity index is 1.77. The van der Waals surface area contributed by atoms with Crippen LogP contribution in [-0.4, -0.2) is 17.7 Å². The fourth-order valence-electron chi connectivity index (χ4n) is 3.87. The average molecular weight is 419 g/mol. The number of carbonyl (C=O) groups excluding carboxylic acids is 1. The molecule has 0 radical (unpaired) electrons. The standard InChI is InChI=1S/C27H46O3/c1-2-3-4-5-6-7-8-9-10-11-12-13-14-15-16-17-23-30-27(29)22-21-25-19-18-20-26(28)24-25/h18-20,24,28H,2-17,21-23H2,1H3. The molecule has 0 aliphatic heterocycles. The monoisotopic (exact) mass is 418 g/mol. The quantitative estimate of drug-likeness (QED) is 0.172. The number of unbranched alkanes of at least 4 members (excludes halogenated alkanes) is 15. The van der Waals surface area contributed by atoms with E-state index in [1.54, 1.807) is 18.2 Å². The van der Waals surface area contributed by atoms with Gasteiger partial charge in [-0.3, -0.25) is 4.79 Å². The van der Waals surface area contributed by atoms with Gasteiger partial charge in [-0.05, 0) is 30.5 Å². The van der Waals surface area contributed by atoms with E-state index in [0.717, 1.165) is 18.4 Å². The number of aromatic hydroxyl groups is 1. The molecule has 0 saturated carbocycles. The normalized spacial score (nSPS) is 11.0. The van der Waals surface area contributed by atoms with Gasteiger partial charge in [0.15, 0.2) is 0 Å². The molecule has 1 rings (SSSR count). The molecular weight excluding hydrogens is 372 g/mol. The summed E-state index contributed by atoms with van der Waals surface area (Å²) in [4.78, 5) is 11.8. The molecule has 1 N–H and O–H groups in total. The van der Waals surface area contributed by atoms with Crippen molar-refractivity contribution < 1.29 is 14.6 Å². The first kappa shape index (κ1) is 26.5. The minimum atomic E-state index is -0.140. The van der Waals surface area contributed by atoms with Crippen LogP contribution >= 0.6 is 0 Å². The maximum Gasteiger partial charge on any atom is 0.306 e. The van der Waals surface area contributed by atoms with Crippen LogP contribution in [0.5, 0.6) is 5.75 Å². The van der Waals surface area contributed by atoms with Gasteiger partial charge in [-0.25, -0.2) is 0 Å². The number of phenolic OH excluding ortho intramolecular Hbond substituents is 1. The van der Waals surface area contributed by atoms with Crippen LogP contribution in [0.15, 0.2) is 24.3 Å². The molecule has 3 nitrogen and oxygen atoms in total. The minimum Gasteiger partial charge on any atom is -0.508 e. The second-order valence-electron chi connectivity index (χ2n) is 8.69. The highest BCUT2D eigenvalue weighted by molar-refractivity contribution is 5.69. The van der Waals surface area contributed by atoms with Gasteiger partial charge in [0.1, 0.15) is 5.75 Å². The van der Waals surface area contributed by atoms with Crippen LogP contribution in [0.2, 0.25) is 0 Å². The Bertz CT molecular complexity index is 527. The van der Waals surface area contributed by atoms with E-state index in [1.165, 1.54) is 89.9 Å². The molecule has 0 aliphatic rings. The lowest BCUT2D eigenvalue weighted by Gasteiger charge is -2.06. The molecule has 3 heteroatoms. The fourth-order valence-corrected chi connectivity index (χ4v) is 3.87. The van der Waals surface area contributed by atoms with Crippen molar-refractivity contribution in [2.45, 2.75) is 122 Å². The van der Waals surface area contributed by atoms with Crippen molar-refractivity contribution in [1.29, 1.82) is 0 Å². The molecule has 30 heavy (non-hydrogen) atoms. The van der Waals surface area contributed by atoms with Crippen molar-refractivity contribution in [3.05, 3.63) is 29.8 Å². The number of ether oxygens (including phenoxy) is 1.